The summed E-state index contributed by atoms with van der Waals surface area (Å²) in [5.41, 5.74) is 1.06. The normalized spacial score (nSPS) is 12.3. The van der Waals surface area contributed by atoms with E-state index in [0.29, 0.717) is 13.2 Å². The third-order valence-electron chi connectivity index (χ3n) is 2.42. The van der Waals surface area contributed by atoms with Crippen molar-refractivity contribution in [2.75, 3.05) is 27.3 Å². The molecule has 0 aliphatic heterocycles. The fourth-order valence-corrected chi connectivity index (χ4v) is 1.49. The van der Waals surface area contributed by atoms with Gasteiger partial charge in [-0.05, 0) is 12.5 Å². The number of rotatable bonds is 8. The van der Waals surface area contributed by atoms with E-state index >= 15 is 0 Å². The number of esters is 1. The van der Waals surface area contributed by atoms with Gasteiger partial charge in [-0.15, -0.1) is 0 Å². The lowest BCUT2D eigenvalue weighted by atomic mass is 10.2. The van der Waals surface area contributed by atoms with E-state index in [9.17, 15) is 4.79 Å². The topological polar surface area (TPSA) is 51.1 Å². The Morgan fingerprint density at radius 2 is 2.05 bits per heavy atom. The molecule has 1 aromatic carbocycles. The van der Waals surface area contributed by atoms with Crippen LogP contribution in [0.25, 0.3) is 0 Å². The van der Waals surface area contributed by atoms with Crippen LogP contribution in [0.1, 0.15) is 12.5 Å². The highest BCUT2D eigenvalue weighted by atomic mass is 16.5. The molecule has 0 amide bonds. The lowest BCUT2D eigenvalue weighted by molar-refractivity contribution is -0.146. The summed E-state index contributed by atoms with van der Waals surface area (Å²) in [6.45, 7) is 2.77. The number of ether oxygens (including phenoxy) is 2. The molecule has 0 heterocycles. The molecule has 0 aliphatic carbocycles. The van der Waals surface area contributed by atoms with Gasteiger partial charge in [-0.3, -0.25) is 4.99 Å². The minimum Gasteiger partial charge on any atom is -0.464 e. The van der Waals surface area contributed by atoms with Gasteiger partial charge in [0, 0.05) is 14.1 Å². The Hall–Kier alpha value is -1.88. The second-order valence-electron chi connectivity index (χ2n) is 4.50. The van der Waals surface area contributed by atoms with Crippen molar-refractivity contribution in [3.63, 3.8) is 0 Å². The monoisotopic (exact) mass is 278 g/mol. The number of aliphatic imine (C=N–C) groups is 1. The third kappa shape index (κ3) is 6.33. The molecular formula is C15H22N2O3. The summed E-state index contributed by atoms with van der Waals surface area (Å²) in [5.74, 6) is -0.362. The minimum absolute atomic E-state index is 0.206. The molecule has 0 spiro atoms. The first kappa shape index (κ1) is 16.2. The van der Waals surface area contributed by atoms with Gasteiger partial charge in [-0.1, -0.05) is 30.3 Å². The molecular weight excluding hydrogens is 256 g/mol. The molecule has 0 aromatic heterocycles. The molecule has 1 rings (SSSR count). The first-order valence-corrected chi connectivity index (χ1v) is 6.61. The van der Waals surface area contributed by atoms with Crippen molar-refractivity contribution in [1.82, 2.24) is 4.90 Å². The van der Waals surface area contributed by atoms with Crippen molar-refractivity contribution >= 4 is 12.3 Å². The van der Waals surface area contributed by atoms with Crippen LogP contribution in [0.5, 0.6) is 0 Å². The summed E-state index contributed by atoms with van der Waals surface area (Å²) in [6, 6.07) is 9.18. The van der Waals surface area contributed by atoms with Crippen LogP contribution in [0.2, 0.25) is 0 Å². The molecule has 0 saturated carbocycles. The van der Waals surface area contributed by atoms with Crippen LogP contribution in [0, 0.1) is 0 Å². The molecule has 110 valence electrons. The maximum absolute atomic E-state index is 11.8. The molecule has 0 aliphatic rings. The standard InChI is InChI=1S/C15H22N2O3/c1-4-20-15(18)14(16-12-17(2)3)11-19-10-13-8-6-5-7-9-13/h5-9,12,14H,4,10-11H2,1-3H3. The first-order valence-electron chi connectivity index (χ1n) is 6.61. The van der Waals surface area contributed by atoms with Crippen LogP contribution >= 0.6 is 0 Å². The Bertz CT molecular complexity index is 418. The summed E-state index contributed by atoms with van der Waals surface area (Å²) in [7, 11) is 3.69. The molecule has 0 N–H and O–H groups in total. The molecule has 0 saturated heterocycles. The number of hydrogen-bond acceptors (Lipinski definition) is 4. The number of carbonyl (C=O) groups is 1. The van der Waals surface area contributed by atoms with Crippen molar-refractivity contribution in [3.8, 4) is 0 Å². The van der Waals surface area contributed by atoms with Gasteiger partial charge in [-0.2, -0.15) is 0 Å². The summed E-state index contributed by atoms with van der Waals surface area (Å²) in [4.78, 5) is 17.7. The van der Waals surface area contributed by atoms with Gasteiger partial charge in [-0.25, -0.2) is 4.79 Å². The van der Waals surface area contributed by atoms with Gasteiger partial charge < -0.3 is 14.4 Å². The number of benzene rings is 1. The van der Waals surface area contributed by atoms with Crippen LogP contribution < -0.4 is 0 Å². The van der Waals surface area contributed by atoms with Gasteiger partial charge in [0.2, 0.25) is 0 Å². The second kappa shape index (κ2) is 9.09. The highest BCUT2D eigenvalue weighted by molar-refractivity contribution is 5.77. The molecule has 0 fully saturated rings. The quantitative estimate of drug-likeness (QED) is 0.413. The van der Waals surface area contributed by atoms with E-state index in [4.69, 9.17) is 9.47 Å². The predicted octanol–water partition coefficient (Wildman–Crippen LogP) is 1.72. The van der Waals surface area contributed by atoms with E-state index in [1.807, 2.05) is 44.4 Å². The Morgan fingerprint density at radius 3 is 2.65 bits per heavy atom. The van der Waals surface area contributed by atoms with Gasteiger partial charge in [0.1, 0.15) is 0 Å². The van der Waals surface area contributed by atoms with Crippen molar-refractivity contribution in [2.24, 2.45) is 4.99 Å². The van der Waals surface area contributed by atoms with Crippen LogP contribution in [-0.2, 0) is 20.9 Å². The molecule has 5 heteroatoms. The van der Waals surface area contributed by atoms with E-state index in [2.05, 4.69) is 4.99 Å². The minimum atomic E-state index is -0.624. The SMILES string of the molecule is CCOC(=O)C(COCc1ccccc1)N=CN(C)C. The summed E-state index contributed by atoms with van der Waals surface area (Å²) < 4.78 is 10.5. The molecule has 0 bridgehead atoms. The van der Waals surface area contributed by atoms with Crippen molar-refractivity contribution in [3.05, 3.63) is 35.9 Å². The maximum Gasteiger partial charge on any atom is 0.333 e. The van der Waals surface area contributed by atoms with Crippen LogP contribution in [0.15, 0.2) is 35.3 Å². The molecule has 1 atom stereocenters. The average Bonchev–Trinajstić information content (AvgIpc) is 2.43. The Kier molecular flexibility index (Phi) is 7.35. The van der Waals surface area contributed by atoms with E-state index in [1.54, 1.807) is 18.2 Å². The molecule has 1 aromatic rings. The van der Waals surface area contributed by atoms with E-state index in [1.165, 1.54) is 0 Å². The fourth-order valence-electron chi connectivity index (χ4n) is 1.49. The molecule has 20 heavy (non-hydrogen) atoms. The smallest absolute Gasteiger partial charge is 0.333 e. The van der Waals surface area contributed by atoms with Crippen molar-refractivity contribution in [1.29, 1.82) is 0 Å². The van der Waals surface area contributed by atoms with Crippen LogP contribution in [-0.4, -0.2) is 50.6 Å². The Labute approximate surface area is 120 Å². The zero-order chi connectivity index (χ0) is 14.8. The zero-order valence-corrected chi connectivity index (χ0v) is 12.3. The highest BCUT2D eigenvalue weighted by Crippen LogP contribution is 2.03. The molecule has 1 unspecified atom stereocenters. The van der Waals surface area contributed by atoms with Crippen molar-refractivity contribution in [2.45, 2.75) is 19.6 Å². The number of hydrogen-bond donors (Lipinski definition) is 0. The molecule has 5 nitrogen and oxygen atoms in total. The van der Waals surface area contributed by atoms with Gasteiger partial charge in [0.15, 0.2) is 6.04 Å². The fraction of sp³-hybridized carbons (Fsp3) is 0.467. The van der Waals surface area contributed by atoms with Crippen LogP contribution in [0.3, 0.4) is 0 Å². The largest absolute Gasteiger partial charge is 0.464 e. The number of nitrogens with zero attached hydrogens (tertiary/aromatic N) is 2. The third-order valence-corrected chi connectivity index (χ3v) is 2.42. The van der Waals surface area contributed by atoms with Gasteiger partial charge >= 0.3 is 5.97 Å². The molecule has 0 radical (unpaired) electrons. The Balaban J connectivity index is 2.49. The van der Waals surface area contributed by atoms with Crippen molar-refractivity contribution < 1.29 is 14.3 Å². The maximum atomic E-state index is 11.8. The highest BCUT2D eigenvalue weighted by Gasteiger charge is 2.18. The zero-order valence-electron chi connectivity index (χ0n) is 12.3. The summed E-state index contributed by atoms with van der Waals surface area (Å²) in [5, 5.41) is 0. The van der Waals surface area contributed by atoms with E-state index < -0.39 is 6.04 Å². The van der Waals surface area contributed by atoms with Gasteiger partial charge in [0.25, 0.3) is 0 Å². The van der Waals surface area contributed by atoms with Crippen LogP contribution in [0.4, 0.5) is 0 Å². The summed E-state index contributed by atoms with van der Waals surface area (Å²) >= 11 is 0. The number of carbonyl (C=O) groups excluding carboxylic acids is 1. The van der Waals surface area contributed by atoms with Gasteiger partial charge in [0.05, 0.1) is 26.2 Å². The second-order valence-corrected chi connectivity index (χ2v) is 4.50. The van der Waals surface area contributed by atoms with E-state index in [-0.39, 0.29) is 12.6 Å². The lowest BCUT2D eigenvalue weighted by Gasteiger charge is -2.13. The lowest BCUT2D eigenvalue weighted by Crippen LogP contribution is -2.28. The first-order chi connectivity index (χ1) is 9.63. The Morgan fingerprint density at radius 1 is 1.35 bits per heavy atom. The summed E-state index contributed by atoms with van der Waals surface area (Å²) in [6.07, 6.45) is 1.59. The predicted molar refractivity (Wildman–Crippen MR) is 78.7 cm³/mol. The average molecular weight is 278 g/mol. The van der Waals surface area contributed by atoms with E-state index in [0.717, 1.165) is 5.56 Å².